The topological polar surface area (TPSA) is 17.8 Å². The van der Waals surface area contributed by atoms with Gasteiger partial charge in [-0.1, -0.05) is 181 Å². The van der Waals surface area contributed by atoms with Crippen LogP contribution >= 0.6 is 0 Å². The van der Waals surface area contributed by atoms with Crippen molar-refractivity contribution in [3.8, 4) is 39.3 Å². The summed E-state index contributed by atoms with van der Waals surface area (Å²) >= 11 is 0. The number of imidazole rings is 1. The predicted molar refractivity (Wildman–Crippen MR) is 228 cm³/mol. The number of unbranched alkanes of at least 4 members (excludes halogenated alkanes) is 3. The van der Waals surface area contributed by atoms with E-state index in [2.05, 4.69) is 185 Å². The molecule has 0 unspecified atom stereocenters. The number of fused-ring (bicyclic) bond motifs is 3. The lowest BCUT2D eigenvalue weighted by atomic mass is 9.67. The second-order valence-electron chi connectivity index (χ2n) is 15.7. The summed E-state index contributed by atoms with van der Waals surface area (Å²) in [4.78, 5) is 4.84. The Morgan fingerprint density at radius 2 is 1.11 bits per heavy atom. The first-order chi connectivity index (χ1) is 26.4. The van der Waals surface area contributed by atoms with Gasteiger partial charge < -0.3 is 0 Å². The second-order valence-corrected chi connectivity index (χ2v) is 15.7. The quantitative estimate of drug-likeness (QED) is 0.116. The van der Waals surface area contributed by atoms with Gasteiger partial charge >= 0.3 is 0 Å². The van der Waals surface area contributed by atoms with Gasteiger partial charge in [-0.2, -0.15) is 0 Å². The smallest absolute Gasteiger partial charge is 0.144 e. The largest absolute Gasteiger partial charge is 0.299 e. The Bertz CT molecular complexity index is 2280. The first kappa shape index (κ1) is 35.6. The van der Waals surface area contributed by atoms with Crippen LogP contribution in [0.5, 0.6) is 0 Å². The number of hydrogen-bond donors (Lipinski definition) is 0. The Morgan fingerprint density at radius 3 is 1.69 bits per heavy atom. The van der Waals surface area contributed by atoms with Crippen molar-refractivity contribution in [3.05, 3.63) is 191 Å². The van der Waals surface area contributed by atoms with Crippen LogP contribution in [0.2, 0.25) is 0 Å². The summed E-state index contributed by atoms with van der Waals surface area (Å²) in [5.41, 5.74) is 16.6. The molecule has 2 nitrogen and oxygen atoms in total. The maximum absolute atomic E-state index is 4.84. The van der Waals surface area contributed by atoms with Crippen LogP contribution in [-0.4, -0.2) is 9.55 Å². The van der Waals surface area contributed by atoms with Crippen molar-refractivity contribution in [3.63, 3.8) is 0 Å². The van der Waals surface area contributed by atoms with E-state index in [9.17, 15) is 0 Å². The summed E-state index contributed by atoms with van der Waals surface area (Å²) < 4.78 is 2.31. The van der Waals surface area contributed by atoms with Gasteiger partial charge in [0.2, 0.25) is 0 Å². The number of benzene rings is 6. The zero-order valence-electron chi connectivity index (χ0n) is 32.5. The van der Waals surface area contributed by atoms with Gasteiger partial charge in [-0.15, -0.1) is 0 Å². The van der Waals surface area contributed by atoms with E-state index in [0.717, 1.165) is 17.8 Å². The van der Waals surface area contributed by atoms with Crippen LogP contribution in [0.15, 0.2) is 152 Å². The molecule has 8 rings (SSSR count). The molecule has 1 aliphatic rings. The van der Waals surface area contributed by atoms with Crippen molar-refractivity contribution < 1.29 is 0 Å². The van der Waals surface area contributed by atoms with Crippen molar-refractivity contribution in [2.24, 2.45) is 0 Å². The lowest BCUT2D eigenvalue weighted by molar-refractivity contribution is 0.666. The molecule has 1 aliphatic carbocycles. The second kappa shape index (κ2) is 15.1. The average molecular weight is 705 g/mol. The highest BCUT2D eigenvalue weighted by molar-refractivity contribution is 5.86. The molecule has 270 valence electrons. The van der Waals surface area contributed by atoms with Gasteiger partial charge in [-0.25, -0.2) is 4.98 Å². The Hall–Kier alpha value is -5.47. The molecule has 7 aromatic rings. The number of hydrogen-bond acceptors (Lipinski definition) is 1. The molecule has 0 radical (unpaired) electrons. The van der Waals surface area contributed by atoms with Crippen molar-refractivity contribution >= 4 is 0 Å². The third-order valence-electron chi connectivity index (χ3n) is 11.6. The number of nitrogens with zero attached hydrogens (tertiary/aromatic N) is 2. The fourth-order valence-electron chi connectivity index (χ4n) is 8.90. The van der Waals surface area contributed by atoms with Crippen LogP contribution in [-0.2, 0) is 11.8 Å². The van der Waals surface area contributed by atoms with E-state index in [1.54, 1.807) is 0 Å². The molecule has 0 atom stereocenters. The lowest BCUT2D eigenvalue weighted by Gasteiger charge is -2.34. The predicted octanol–water partition coefficient (Wildman–Crippen LogP) is 13.9. The highest BCUT2D eigenvalue weighted by atomic mass is 15.1. The minimum Gasteiger partial charge on any atom is -0.299 e. The van der Waals surface area contributed by atoms with Crippen LogP contribution in [0.4, 0.5) is 0 Å². The standard InChI is InChI=1S/C52H52N2/c1-6-7-8-10-17-38-24-28-42(29-25-38)52(48-22-15-13-20-44(48)45-21-14-16-23-49(45)52)43-30-26-39(27-31-43)41-34-46(36(2)3)50(47(35-41)37(4)5)54-33-32-53-51(54)40-18-11-9-12-19-40/h9,11-16,18-37H,6-8,10,17H2,1-5H3. The molecule has 0 saturated carbocycles. The van der Waals surface area contributed by atoms with Crippen molar-refractivity contribution in [1.82, 2.24) is 9.55 Å². The highest BCUT2D eigenvalue weighted by Gasteiger charge is 2.45. The minimum absolute atomic E-state index is 0.326. The van der Waals surface area contributed by atoms with E-state index in [1.807, 2.05) is 6.20 Å². The van der Waals surface area contributed by atoms with Gasteiger partial charge in [0.1, 0.15) is 5.82 Å². The van der Waals surface area contributed by atoms with Crippen molar-refractivity contribution in [1.29, 1.82) is 0 Å². The van der Waals surface area contributed by atoms with E-state index < -0.39 is 5.41 Å². The zero-order chi connectivity index (χ0) is 37.2. The third kappa shape index (κ3) is 6.22. The summed E-state index contributed by atoms with van der Waals surface area (Å²) in [6.07, 6.45) is 10.3. The molecule has 0 N–H and O–H groups in total. The summed E-state index contributed by atoms with van der Waals surface area (Å²) in [7, 11) is 0. The van der Waals surface area contributed by atoms with Crippen LogP contribution in [0.3, 0.4) is 0 Å². The van der Waals surface area contributed by atoms with Crippen LogP contribution in [0.25, 0.3) is 39.3 Å². The number of aryl methyl sites for hydroxylation is 1. The Labute approximate surface area is 322 Å². The Kier molecular flexibility index (Phi) is 9.95. The van der Waals surface area contributed by atoms with Gasteiger partial charge in [0.05, 0.1) is 11.1 Å². The van der Waals surface area contributed by atoms with E-state index in [-0.39, 0.29) is 0 Å². The first-order valence-electron chi connectivity index (χ1n) is 20.1. The summed E-state index contributed by atoms with van der Waals surface area (Å²) in [6.45, 7) is 11.5. The zero-order valence-corrected chi connectivity index (χ0v) is 32.5. The normalized spacial score (nSPS) is 13.0. The molecule has 0 aliphatic heterocycles. The SMILES string of the molecule is CCCCCCc1ccc(C2(c3ccc(-c4cc(C(C)C)c(-n5ccnc5-c5ccccc5)c(C(C)C)c4)cc3)c3ccccc3-c3ccccc32)cc1. The van der Waals surface area contributed by atoms with Crippen molar-refractivity contribution in [2.75, 3.05) is 0 Å². The summed E-state index contributed by atoms with van der Waals surface area (Å²) in [6, 6.07) is 52.6. The molecule has 0 amide bonds. The molecule has 6 aromatic carbocycles. The summed E-state index contributed by atoms with van der Waals surface area (Å²) in [5.74, 6) is 1.63. The van der Waals surface area contributed by atoms with E-state index in [4.69, 9.17) is 4.98 Å². The van der Waals surface area contributed by atoms with Crippen LogP contribution in [0.1, 0.15) is 111 Å². The van der Waals surface area contributed by atoms with E-state index in [0.29, 0.717) is 11.8 Å². The molecule has 2 heteroatoms. The molecule has 0 bridgehead atoms. The molecular formula is C52H52N2. The monoisotopic (exact) mass is 704 g/mol. The maximum atomic E-state index is 4.84. The Balaban J connectivity index is 1.25. The molecular weight excluding hydrogens is 653 g/mol. The Morgan fingerprint density at radius 1 is 0.556 bits per heavy atom. The van der Waals surface area contributed by atoms with Crippen molar-refractivity contribution in [2.45, 2.75) is 84.0 Å². The molecule has 54 heavy (non-hydrogen) atoms. The average Bonchev–Trinajstić information content (AvgIpc) is 3.82. The number of aromatic nitrogens is 2. The van der Waals surface area contributed by atoms with E-state index >= 15 is 0 Å². The van der Waals surface area contributed by atoms with Gasteiger partial charge in [0, 0.05) is 18.0 Å². The highest BCUT2D eigenvalue weighted by Crippen LogP contribution is 2.56. The van der Waals surface area contributed by atoms with Gasteiger partial charge in [0.25, 0.3) is 0 Å². The van der Waals surface area contributed by atoms with E-state index in [1.165, 1.54) is 92.6 Å². The van der Waals surface area contributed by atoms with Crippen LogP contribution in [0, 0.1) is 0 Å². The van der Waals surface area contributed by atoms with Gasteiger partial charge in [-0.3, -0.25) is 4.57 Å². The number of rotatable bonds is 12. The molecule has 0 saturated heterocycles. The minimum atomic E-state index is -0.405. The van der Waals surface area contributed by atoms with Gasteiger partial charge in [-0.05, 0) is 98.0 Å². The first-order valence-corrected chi connectivity index (χ1v) is 20.1. The molecule has 0 spiro atoms. The third-order valence-corrected chi connectivity index (χ3v) is 11.6. The molecule has 0 fully saturated rings. The fourth-order valence-corrected chi connectivity index (χ4v) is 8.90. The molecule has 1 heterocycles. The fraction of sp³-hybridized carbons (Fsp3) is 0.250. The van der Waals surface area contributed by atoms with Crippen LogP contribution < -0.4 is 0 Å². The van der Waals surface area contributed by atoms with Gasteiger partial charge in [0.15, 0.2) is 0 Å². The molecule has 1 aromatic heterocycles. The summed E-state index contributed by atoms with van der Waals surface area (Å²) in [5, 5.41) is 0. The lowest BCUT2D eigenvalue weighted by Crippen LogP contribution is -2.28. The maximum Gasteiger partial charge on any atom is 0.144 e.